The quantitative estimate of drug-likeness (QED) is 0.309. The third kappa shape index (κ3) is 6.41. The number of ether oxygens (including phenoxy) is 1. The number of thioether (sulfide) groups is 1. The maximum Gasteiger partial charge on any atom is 0.110 e. The van der Waals surface area contributed by atoms with E-state index >= 15 is 0 Å². The molecule has 0 aliphatic heterocycles. The van der Waals surface area contributed by atoms with Gasteiger partial charge in [-0.15, -0.1) is 0 Å². The Balaban J connectivity index is 1.59. The molecule has 0 aromatic heterocycles. The van der Waals surface area contributed by atoms with Crippen LogP contribution in [0, 0.1) is 23.2 Å². The van der Waals surface area contributed by atoms with Gasteiger partial charge in [0.2, 0.25) is 0 Å². The van der Waals surface area contributed by atoms with E-state index in [1.807, 2.05) is 11.8 Å². The van der Waals surface area contributed by atoms with Crippen LogP contribution in [0.25, 0.3) is 0 Å². The topological polar surface area (TPSA) is 90.2 Å². The molecule has 0 aromatic rings. The van der Waals surface area contributed by atoms with Crippen LogP contribution in [-0.4, -0.2) is 68.6 Å². The molecule has 3 fully saturated rings. The highest BCUT2D eigenvalue weighted by atomic mass is 32.2. The Bertz CT molecular complexity index is 651. The van der Waals surface area contributed by atoms with E-state index in [0.29, 0.717) is 35.3 Å². The molecule has 3 saturated carbocycles. The van der Waals surface area contributed by atoms with Crippen LogP contribution < -0.4 is 0 Å². The number of fused-ring (bicyclic) bond motifs is 1. The van der Waals surface area contributed by atoms with Crippen molar-refractivity contribution < 1.29 is 25.2 Å². The summed E-state index contributed by atoms with van der Waals surface area (Å²) >= 11 is 1.98. The van der Waals surface area contributed by atoms with Gasteiger partial charge in [-0.1, -0.05) is 45.8 Å². The van der Waals surface area contributed by atoms with Gasteiger partial charge in [-0.05, 0) is 81.0 Å². The smallest absolute Gasteiger partial charge is 0.110 e. The van der Waals surface area contributed by atoms with Crippen molar-refractivity contribution >= 4 is 11.8 Å². The summed E-state index contributed by atoms with van der Waals surface area (Å²) in [6, 6.07) is 0. The second-order valence-corrected chi connectivity index (χ2v) is 13.0. The molecule has 0 spiro atoms. The number of hydrogen-bond donors (Lipinski definition) is 4. The first kappa shape index (κ1) is 28.5. The molecule has 0 bridgehead atoms. The van der Waals surface area contributed by atoms with E-state index < -0.39 is 23.9 Å². The molecule has 2 unspecified atom stereocenters. The molecule has 7 atom stereocenters. The molecule has 3 aliphatic rings. The number of allylic oxidation sites excluding steroid dienone is 1. The summed E-state index contributed by atoms with van der Waals surface area (Å²) in [4.78, 5) is 0. The molecule has 0 amide bonds. The molecule has 5 nitrogen and oxygen atoms in total. The fourth-order valence-corrected chi connectivity index (χ4v) is 8.96. The van der Waals surface area contributed by atoms with Gasteiger partial charge in [0.15, 0.2) is 0 Å². The first-order valence-corrected chi connectivity index (χ1v) is 14.8. The molecule has 0 aromatic carbocycles. The molecular formula is C28H50O5S. The second-order valence-electron chi connectivity index (χ2n) is 11.6. The summed E-state index contributed by atoms with van der Waals surface area (Å²) in [5.74, 6) is 2.95. The van der Waals surface area contributed by atoms with Crippen molar-refractivity contribution in [1.82, 2.24) is 0 Å². The van der Waals surface area contributed by atoms with Gasteiger partial charge in [0.25, 0.3) is 0 Å². The van der Waals surface area contributed by atoms with Crippen molar-refractivity contribution in [2.24, 2.45) is 23.2 Å². The second kappa shape index (κ2) is 12.4. The van der Waals surface area contributed by atoms with Crippen LogP contribution in [0.15, 0.2) is 11.6 Å². The van der Waals surface area contributed by atoms with E-state index in [9.17, 15) is 15.3 Å². The van der Waals surface area contributed by atoms with Gasteiger partial charge >= 0.3 is 0 Å². The lowest BCUT2D eigenvalue weighted by molar-refractivity contribution is -0.115. The van der Waals surface area contributed by atoms with Crippen LogP contribution in [0.1, 0.15) is 91.9 Å². The van der Waals surface area contributed by atoms with Crippen LogP contribution in [0.5, 0.6) is 0 Å². The highest BCUT2D eigenvalue weighted by molar-refractivity contribution is 7.99. The molecule has 3 rings (SSSR count). The van der Waals surface area contributed by atoms with E-state index in [-0.39, 0.29) is 13.2 Å². The first-order chi connectivity index (χ1) is 16.2. The van der Waals surface area contributed by atoms with Crippen LogP contribution in [-0.2, 0) is 4.74 Å². The number of hydrogen-bond acceptors (Lipinski definition) is 6. The number of aliphatic hydroxyl groups excluding tert-OH is 3. The predicted molar refractivity (Wildman–Crippen MR) is 140 cm³/mol. The van der Waals surface area contributed by atoms with Crippen LogP contribution in [0.2, 0.25) is 0 Å². The van der Waals surface area contributed by atoms with Gasteiger partial charge in [0.1, 0.15) is 6.10 Å². The largest absolute Gasteiger partial charge is 0.394 e. The van der Waals surface area contributed by atoms with Gasteiger partial charge in [-0.2, -0.15) is 11.8 Å². The minimum Gasteiger partial charge on any atom is -0.394 e. The Kier molecular flexibility index (Phi) is 10.4. The zero-order valence-electron chi connectivity index (χ0n) is 21.9. The lowest BCUT2D eigenvalue weighted by Gasteiger charge is -2.47. The fraction of sp³-hybridized carbons (Fsp3) is 0.929. The van der Waals surface area contributed by atoms with Crippen molar-refractivity contribution in [2.75, 3.05) is 19.0 Å². The molecule has 4 N–H and O–H groups in total. The Morgan fingerprint density at radius 2 is 1.82 bits per heavy atom. The lowest BCUT2D eigenvalue weighted by Crippen LogP contribution is -2.44. The summed E-state index contributed by atoms with van der Waals surface area (Å²) in [6.07, 6.45) is 10.5. The maximum absolute atomic E-state index is 10.8. The van der Waals surface area contributed by atoms with Crippen LogP contribution in [0.4, 0.5) is 0 Å². The molecule has 6 heteroatoms. The molecule has 34 heavy (non-hydrogen) atoms. The van der Waals surface area contributed by atoms with Crippen molar-refractivity contribution in [1.29, 1.82) is 0 Å². The van der Waals surface area contributed by atoms with Gasteiger partial charge in [0, 0.05) is 11.0 Å². The van der Waals surface area contributed by atoms with Crippen LogP contribution >= 0.6 is 11.8 Å². The van der Waals surface area contributed by atoms with E-state index in [4.69, 9.17) is 9.84 Å². The van der Waals surface area contributed by atoms with Gasteiger partial charge in [0.05, 0.1) is 31.0 Å². The lowest BCUT2D eigenvalue weighted by atomic mass is 9.60. The van der Waals surface area contributed by atoms with E-state index in [0.717, 1.165) is 36.5 Å². The molecule has 0 radical (unpaired) electrons. The highest BCUT2D eigenvalue weighted by Gasteiger charge is 2.52. The SMILES string of the molecule is CCC(O)(CC)CS[C@H](C)C1CC[C@H]2C(CC=C3C[C@@H](O)C(OCCO)[C@H](O)C3)CCC[C@]12C. The number of rotatable bonds is 11. The zero-order chi connectivity index (χ0) is 24.9. The maximum atomic E-state index is 10.8. The normalized spacial score (nSPS) is 37.5. The van der Waals surface area contributed by atoms with Crippen molar-refractivity contribution in [3.05, 3.63) is 11.6 Å². The average Bonchev–Trinajstić information content (AvgIpc) is 3.18. The molecule has 3 aliphatic carbocycles. The third-order valence-electron chi connectivity index (χ3n) is 9.65. The summed E-state index contributed by atoms with van der Waals surface area (Å²) in [6.45, 7) is 9.16. The van der Waals surface area contributed by atoms with Crippen molar-refractivity contribution in [3.63, 3.8) is 0 Å². The summed E-state index contributed by atoms with van der Waals surface area (Å²) in [7, 11) is 0. The summed E-state index contributed by atoms with van der Waals surface area (Å²) in [5, 5.41) is 41.3. The standard InChI is InChI=1S/C28H50O5S/c1-5-28(32,6-2)18-34-19(3)22-11-12-23-21(8-7-13-27(22,23)4)10-9-20-16-24(30)26(25(31)17-20)33-15-14-29/h9,19,21-26,29-32H,5-8,10-18H2,1-4H3/t19-,21?,22?,23+,24-,25-,26?,27-/m1/s1. The average molecular weight is 499 g/mol. The molecule has 198 valence electrons. The third-order valence-corrected chi connectivity index (χ3v) is 11.2. The van der Waals surface area contributed by atoms with Gasteiger partial charge in [-0.3, -0.25) is 0 Å². The fourth-order valence-electron chi connectivity index (χ4n) is 7.30. The minimum atomic E-state index is -0.711. The first-order valence-electron chi connectivity index (χ1n) is 13.8. The van der Waals surface area contributed by atoms with Crippen molar-refractivity contribution in [3.8, 4) is 0 Å². The molecular weight excluding hydrogens is 448 g/mol. The molecule has 0 saturated heterocycles. The monoisotopic (exact) mass is 498 g/mol. The Morgan fingerprint density at radius 1 is 1.15 bits per heavy atom. The summed E-state index contributed by atoms with van der Waals surface area (Å²) in [5.41, 5.74) is 0.989. The minimum absolute atomic E-state index is 0.101. The molecule has 0 heterocycles. The van der Waals surface area contributed by atoms with E-state index in [1.54, 1.807) is 0 Å². The zero-order valence-corrected chi connectivity index (χ0v) is 22.7. The highest BCUT2D eigenvalue weighted by Crippen LogP contribution is 2.60. The van der Waals surface area contributed by atoms with Gasteiger partial charge in [-0.25, -0.2) is 0 Å². The Morgan fingerprint density at radius 3 is 2.44 bits per heavy atom. The van der Waals surface area contributed by atoms with E-state index in [2.05, 4.69) is 33.8 Å². The van der Waals surface area contributed by atoms with Crippen LogP contribution in [0.3, 0.4) is 0 Å². The Hall–Kier alpha value is -0.110. The number of aliphatic hydroxyl groups is 4. The van der Waals surface area contributed by atoms with Crippen molar-refractivity contribution in [2.45, 2.75) is 121 Å². The van der Waals surface area contributed by atoms with Gasteiger partial charge < -0.3 is 25.2 Å². The summed E-state index contributed by atoms with van der Waals surface area (Å²) < 4.78 is 5.46. The van der Waals surface area contributed by atoms with E-state index in [1.165, 1.54) is 32.1 Å². The predicted octanol–water partition coefficient (Wildman–Crippen LogP) is 4.70. The Labute approximate surface area is 211 Å².